The van der Waals surface area contributed by atoms with E-state index in [1.54, 1.807) is 11.8 Å². The molecule has 1 atom stereocenters. The largest absolute Gasteiger partial charge is 0.396 e. The summed E-state index contributed by atoms with van der Waals surface area (Å²) in [5.41, 5.74) is 1.98. The minimum atomic E-state index is -0.222. The Morgan fingerprint density at radius 2 is 2.26 bits per heavy atom. The molecule has 0 heterocycles. The molecule has 0 radical (unpaired) electrons. The van der Waals surface area contributed by atoms with E-state index in [0.29, 0.717) is 6.42 Å². The van der Waals surface area contributed by atoms with Gasteiger partial charge in [-0.15, -0.1) is 0 Å². The molecule has 0 aromatic heterocycles. The van der Waals surface area contributed by atoms with Gasteiger partial charge in [-0.1, -0.05) is 19.1 Å². The Morgan fingerprint density at radius 1 is 1.47 bits per heavy atom. The molecule has 0 saturated carbocycles. The summed E-state index contributed by atoms with van der Waals surface area (Å²) < 4.78 is 0. The molecule has 1 rings (SSSR count). The topological polar surface area (TPSA) is 61.4 Å². The Morgan fingerprint density at radius 3 is 2.89 bits per heavy atom. The average molecular weight is 282 g/mol. The number of carbonyl (C=O) groups is 1. The van der Waals surface area contributed by atoms with Gasteiger partial charge in [-0.05, 0) is 36.8 Å². The van der Waals surface area contributed by atoms with Crippen LogP contribution in [0.5, 0.6) is 0 Å². The van der Waals surface area contributed by atoms with Crippen molar-refractivity contribution in [2.75, 3.05) is 23.9 Å². The SMILES string of the molecule is CCc1cccc(NC(=O)NC(CCO)CSC)c1. The highest BCUT2D eigenvalue weighted by Crippen LogP contribution is 2.11. The molecule has 3 N–H and O–H groups in total. The third-order valence-electron chi connectivity index (χ3n) is 2.77. The Kier molecular flexibility index (Phi) is 7.36. The maximum atomic E-state index is 11.9. The molecular formula is C14H22N2O2S. The molecule has 0 aliphatic carbocycles. The summed E-state index contributed by atoms with van der Waals surface area (Å²) in [5.74, 6) is 0.795. The molecule has 4 nitrogen and oxygen atoms in total. The van der Waals surface area contributed by atoms with Crippen LogP contribution >= 0.6 is 11.8 Å². The number of hydrogen-bond donors (Lipinski definition) is 3. The van der Waals surface area contributed by atoms with Gasteiger partial charge in [0.2, 0.25) is 0 Å². The van der Waals surface area contributed by atoms with Crippen LogP contribution in [0.2, 0.25) is 0 Å². The first-order valence-corrected chi connectivity index (χ1v) is 7.85. The normalized spacial score (nSPS) is 11.9. The minimum absolute atomic E-state index is 0.00522. The number of rotatable bonds is 7. The van der Waals surface area contributed by atoms with Gasteiger partial charge >= 0.3 is 6.03 Å². The second kappa shape index (κ2) is 8.82. The van der Waals surface area contributed by atoms with Crippen molar-refractivity contribution in [3.8, 4) is 0 Å². The fraction of sp³-hybridized carbons (Fsp3) is 0.500. The third kappa shape index (κ3) is 5.98. The van der Waals surface area contributed by atoms with Crippen molar-refractivity contribution < 1.29 is 9.90 Å². The van der Waals surface area contributed by atoms with Crippen LogP contribution < -0.4 is 10.6 Å². The van der Waals surface area contributed by atoms with E-state index in [0.717, 1.165) is 17.9 Å². The lowest BCUT2D eigenvalue weighted by atomic mass is 10.1. The quantitative estimate of drug-likeness (QED) is 0.720. The molecule has 0 aliphatic rings. The number of nitrogens with one attached hydrogen (secondary N) is 2. The van der Waals surface area contributed by atoms with E-state index in [1.807, 2.05) is 30.5 Å². The van der Waals surface area contributed by atoms with E-state index in [4.69, 9.17) is 5.11 Å². The van der Waals surface area contributed by atoms with E-state index >= 15 is 0 Å². The number of amides is 2. The zero-order valence-corrected chi connectivity index (χ0v) is 12.3. The minimum Gasteiger partial charge on any atom is -0.396 e. The Balaban J connectivity index is 2.53. The summed E-state index contributed by atoms with van der Waals surface area (Å²) >= 11 is 1.65. The van der Waals surface area contributed by atoms with Gasteiger partial charge in [0.25, 0.3) is 0 Å². The number of aliphatic hydroxyl groups is 1. The zero-order valence-electron chi connectivity index (χ0n) is 11.5. The lowest BCUT2D eigenvalue weighted by molar-refractivity contribution is 0.241. The van der Waals surface area contributed by atoms with E-state index in [2.05, 4.69) is 17.6 Å². The molecule has 1 aromatic carbocycles. The standard InChI is InChI=1S/C14H22N2O2S/c1-3-11-5-4-6-12(9-11)15-14(18)16-13(7-8-17)10-19-2/h4-6,9,13,17H,3,7-8,10H2,1-2H3,(H2,15,16,18). The predicted octanol–water partition coefficient (Wildman–Crippen LogP) is 2.48. The van der Waals surface area contributed by atoms with E-state index in [-0.39, 0.29) is 18.7 Å². The summed E-state index contributed by atoms with van der Waals surface area (Å²) in [6, 6.07) is 7.58. The van der Waals surface area contributed by atoms with Crippen molar-refractivity contribution in [1.82, 2.24) is 5.32 Å². The third-order valence-corrected chi connectivity index (χ3v) is 3.51. The molecule has 0 fully saturated rings. The maximum Gasteiger partial charge on any atom is 0.319 e. The number of urea groups is 1. The number of aliphatic hydroxyl groups excluding tert-OH is 1. The second-order valence-electron chi connectivity index (χ2n) is 4.32. The molecule has 0 saturated heterocycles. The van der Waals surface area contributed by atoms with Gasteiger partial charge in [0, 0.05) is 24.1 Å². The van der Waals surface area contributed by atoms with Gasteiger partial charge in [-0.25, -0.2) is 4.79 Å². The van der Waals surface area contributed by atoms with Crippen molar-refractivity contribution in [3.63, 3.8) is 0 Å². The second-order valence-corrected chi connectivity index (χ2v) is 5.23. The van der Waals surface area contributed by atoms with Crippen molar-refractivity contribution in [3.05, 3.63) is 29.8 Å². The monoisotopic (exact) mass is 282 g/mol. The van der Waals surface area contributed by atoms with Crippen LogP contribution in [-0.4, -0.2) is 35.8 Å². The lowest BCUT2D eigenvalue weighted by Crippen LogP contribution is -2.40. The van der Waals surface area contributed by atoms with Gasteiger partial charge in [0.05, 0.1) is 0 Å². The van der Waals surface area contributed by atoms with Crippen LogP contribution in [0.1, 0.15) is 18.9 Å². The van der Waals surface area contributed by atoms with Crippen LogP contribution in [-0.2, 0) is 6.42 Å². The smallest absolute Gasteiger partial charge is 0.319 e. The first-order valence-electron chi connectivity index (χ1n) is 6.45. The first-order chi connectivity index (χ1) is 9.19. The van der Waals surface area contributed by atoms with Crippen LogP contribution in [0.15, 0.2) is 24.3 Å². The maximum absolute atomic E-state index is 11.9. The van der Waals surface area contributed by atoms with Crippen LogP contribution in [0.3, 0.4) is 0 Å². The van der Waals surface area contributed by atoms with Crippen molar-refractivity contribution in [2.24, 2.45) is 0 Å². The number of benzene rings is 1. The van der Waals surface area contributed by atoms with E-state index in [1.165, 1.54) is 5.56 Å². The fourth-order valence-electron chi connectivity index (χ4n) is 1.78. The molecule has 1 unspecified atom stereocenters. The fourth-order valence-corrected chi connectivity index (χ4v) is 2.43. The number of aryl methyl sites for hydroxylation is 1. The van der Waals surface area contributed by atoms with Crippen LogP contribution in [0.4, 0.5) is 10.5 Å². The van der Waals surface area contributed by atoms with Gasteiger partial charge in [0.1, 0.15) is 0 Å². The van der Waals surface area contributed by atoms with Gasteiger partial charge < -0.3 is 15.7 Å². The molecular weight excluding hydrogens is 260 g/mol. The molecule has 0 aliphatic heterocycles. The molecule has 2 amide bonds. The van der Waals surface area contributed by atoms with E-state index < -0.39 is 0 Å². The van der Waals surface area contributed by atoms with Crippen molar-refractivity contribution in [1.29, 1.82) is 0 Å². The number of hydrogen-bond acceptors (Lipinski definition) is 3. The predicted molar refractivity (Wildman–Crippen MR) is 81.8 cm³/mol. The average Bonchev–Trinajstić information content (AvgIpc) is 2.39. The molecule has 106 valence electrons. The van der Waals surface area contributed by atoms with Crippen LogP contribution in [0.25, 0.3) is 0 Å². The lowest BCUT2D eigenvalue weighted by Gasteiger charge is -2.17. The highest BCUT2D eigenvalue weighted by atomic mass is 32.2. The number of anilines is 1. The Bertz CT molecular complexity index is 393. The Labute approximate surface area is 119 Å². The van der Waals surface area contributed by atoms with Crippen molar-refractivity contribution >= 4 is 23.5 Å². The first kappa shape index (κ1) is 15.9. The van der Waals surface area contributed by atoms with E-state index in [9.17, 15) is 4.79 Å². The van der Waals surface area contributed by atoms with Crippen LogP contribution in [0, 0.1) is 0 Å². The summed E-state index contributed by atoms with van der Waals surface area (Å²) in [6.07, 6.45) is 3.49. The molecule has 1 aromatic rings. The molecule has 5 heteroatoms. The van der Waals surface area contributed by atoms with Gasteiger partial charge in [-0.2, -0.15) is 11.8 Å². The molecule has 0 spiro atoms. The summed E-state index contributed by atoms with van der Waals surface area (Å²) in [6.45, 7) is 2.16. The summed E-state index contributed by atoms with van der Waals surface area (Å²) in [7, 11) is 0. The number of thioether (sulfide) groups is 1. The highest BCUT2D eigenvalue weighted by Gasteiger charge is 2.11. The Hall–Kier alpha value is -1.20. The molecule has 19 heavy (non-hydrogen) atoms. The zero-order chi connectivity index (χ0) is 14.1. The van der Waals surface area contributed by atoms with Crippen molar-refractivity contribution in [2.45, 2.75) is 25.8 Å². The van der Waals surface area contributed by atoms with Gasteiger partial charge in [0.15, 0.2) is 0 Å². The highest BCUT2D eigenvalue weighted by molar-refractivity contribution is 7.98. The summed E-state index contributed by atoms with van der Waals surface area (Å²) in [4.78, 5) is 11.9. The summed E-state index contributed by atoms with van der Waals surface area (Å²) in [5, 5.41) is 14.7. The van der Waals surface area contributed by atoms with Gasteiger partial charge in [-0.3, -0.25) is 0 Å². The number of carbonyl (C=O) groups excluding carboxylic acids is 1. The molecule has 0 bridgehead atoms.